The Kier molecular flexibility index (Phi) is 5.33. The van der Waals surface area contributed by atoms with Crippen molar-refractivity contribution in [3.63, 3.8) is 0 Å². The van der Waals surface area contributed by atoms with E-state index in [1.165, 1.54) is 0 Å². The quantitative estimate of drug-likeness (QED) is 0.892. The molecule has 0 bridgehead atoms. The summed E-state index contributed by atoms with van der Waals surface area (Å²) in [5, 5.41) is 7.55. The first-order valence-electron chi connectivity index (χ1n) is 7.70. The van der Waals surface area contributed by atoms with Crippen LogP contribution in [0.25, 0.3) is 5.69 Å². The van der Waals surface area contributed by atoms with E-state index in [4.69, 9.17) is 0 Å². The average molecular weight is 300 g/mol. The van der Waals surface area contributed by atoms with Gasteiger partial charge in [-0.2, -0.15) is 5.10 Å². The van der Waals surface area contributed by atoms with Crippen LogP contribution in [-0.2, 0) is 4.79 Å². The van der Waals surface area contributed by atoms with E-state index in [1.807, 2.05) is 48.9 Å². The molecular weight excluding hydrogens is 276 g/mol. The second-order valence-electron chi connectivity index (χ2n) is 5.30. The summed E-state index contributed by atoms with van der Waals surface area (Å²) >= 11 is 0. The highest BCUT2D eigenvalue weighted by atomic mass is 16.2. The zero-order valence-electron chi connectivity index (χ0n) is 13.8. The van der Waals surface area contributed by atoms with Crippen molar-refractivity contribution >= 4 is 11.6 Å². The number of carbonyl (C=O) groups excluding carboxylic acids is 1. The second-order valence-corrected chi connectivity index (χ2v) is 5.30. The molecule has 1 N–H and O–H groups in total. The number of anilines is 1. The maximum atomic E-state index is 12.2. The van der Waals surface area contributed by atoms with Crippen molar-refractivity contribution in [1.82, 2.24) is 14.7 Å². The van der Waals surface area contributed by atoms with Gasteiger partial charge in [-0.3, -0.25) is 9.69 Å². The molecule has 0 radical (unpaired) electrons. The number of amides is 1. The maximum absolute atomic E-state index is 12.2. The summed E-state index contributed by atoms with van der Waals surface area (Å²) in [5.41, 5.74) is 3.57. The molecule has 1 amide bonds. The van der Waals surface area contributed by atoms with Crippen molar-refractivity contribution in [2.24, 2.45) is 0 Å². The number of nitrogens with one attached hydrogen (secondary N) is 1. The molecule has 2 rings (SSSR count). The van der Waals surface area contributed by atoms with E-state index in [1.54, 1.807) is 0 Å². The largest absolute Gasteiger partial charge is 0.322 e. The molecule has 1 heterocycles. The minimum atomic E-state index is 0.00233. The molecule has 0 aliphatic heterocycles. The lowest BCUT2D eigenvalue weighted by atomic mass is 10.3. The van der Waals surface area contributed by atoms with E-state index < -0.39 is 0 Å². The van der Waals surface area contributed by atoms with Gasteiger partial charge in [-0.1, -0.05) is 32.0 Å². The summed E-state index contributed by atoms with van der Waals surface area (Å²) in [6, 6.07) is 9.93. The smallest absolute Gasteiger partial charge is 0.238 e. The molecule has 2 aromatic rings. The van der Waals surface area contributed by atoms with E-state index in [-0.39, 0.29) is 5.91 Å². The van der Waals surface area contributed by atoms with Crippen LogP contribution >= 0.6 is 0 Å². The van der Waals surface area contributed by atoms with E-state index in [0.717, 1.165) is 35.9 Å². The monoisotopic (exact) mass is 300 g/mol. The summed E-state index contributed by atoms with van der Waals surface area (Å²) in [5.74, 6) is 0.00233. The fraction of sp³-hybridized carbons (Fsp3) is 0.412. The molecule has 0 atom stereocenters. The van der Waals surface area contributed by atoms with Crippen LogP contribution in [0.15, 0.2) is 30.3 Å². The van der Waals surface area contributed by atoms with Crippen molar-refractivity contribution in [3.05, 3.63) is 41.7 Å². The SMILES string of the molecule is CCN(CC)CC(=O)Nc1c(C)nn(-c2ccccc2)c1C. The van der Waals surface area contributed by atoms with Crippen molar-refractivity contribution in [2.45, 2.75) is 27.7 Å². The van der Waals surface area contributed by atoms with Gasteiger partial charge in [0.25, 0.3) is 0 Å². The molecule has 5 heteroatoms. The molecule has 0 unspecified atom stereocenters. The molecule has 0 fully saturated rings. The zero-order chi connectivity index (χ0) is 16.1. The number of para-hydroxylation sites is 1. The Balaban J connectivity index is 2.19. The van der Waals surface area contributed by atoms with Gasteiger partial charge in [0.1, 0.15) is 0 Å². The van der Waals surface area contributed by atoms with Gasteiger partial charge in [-0.05, 0) is 39.1 Å². The lowest BCUT2D eigenvalue weighted by Crippen LogP contribution is -2.33. The summed E-state index contributed by atoms with van der Waals surface area (Å²) in [6.07, 6.45) is 0. The normalized spacial score (nSPS) is 11.0. The highest BCUT2D eigenvalue weighted by Crippen LogP contribution is 2.22. The molecule has 5 nitrogen and oxygen atoms in total. The number of likely N-dealkylation sites (N-methyl/N-ethyl adjacent to an activating group) is 1. The Hall–Kier alpha value is -2.14. The van der Waals surface area contributed by atoms with Crippen molar-refractivity contribution in [2.75, 3.05) is 25.0 Å². The molecule has 22 heavy (non-hydrogen) atoms. The van der Waals surface area contributed by atoms with Crippen LogP contribution in [0.2, 0.25) is 0 Å². The number of aryl methyl sites for hydroxylation is 1. The molecule has 118 valence electrons. The molecular formula is C17H24N4O. The van der Waals surface area contributed by atoms with Gasteiger partial charge < -0.3 is 5.32 Å². The van der Waals surface area contributed by atoms with Crippen molar-refractivity contribution in [1.29, 1.82) is 0 Å². The first-order chi connectivity index (χ1) is 10.6. The van der Waals surface area contributed by atoms with Gasteiger partial charge in [0, 0.05) is 0 Å². The number of hydrogen-bond donors (Lipinski definition) is 1. The van der Waals surface area contributed by atoms with E-state index >= 15 is 0 Å². The van der Waals surface area contributed by atoms with Crippen molar-refractivity contribution in [3.8, 4) is 5.69 Å². The standard InChI is InChI=1S/C17H24N4O/c1-5-20(6-2)12-16(22)18-17-13(3)19-21(14(17)4)15-10-8-7-9-11-15/h7-11H,5-6,12H2,1-4H3,(H,18,22). The highest BCUT2D eigenvalue weighted by molar-refractivity contribution is 5.93. The van der Waals surface area contributed by atoms with Crippen LogP contribution in [0, 0.1) is 13.8 Å². The van der Waals surface area contributed by atoms with Crippen LogP contribution in [0.3, 0.4) is 0 Å². The van der Waals surface area contributed by atoms with Crippen LogP contribution in [-0.4, -0.2) is 40.2 Å². The number of benzene rings is 1. The first-order valence-corrected chi connectivity index (χ1v) is 7.70. The topological polar surface area (TPSA) is 50.2 Å². The van der Waals surface area contributed by atoms with Crippen LogP contribution in [0.1, 0.15) is 25.2 Å². The predicted molar refractivity (Wildman–Crippen MR) is 89.5 cm³/mol. The van der Waals surface area contributed by atoms with Crippen molar-refractivity contribution < 1.29 is 4.79 Å². The minimum absolute atomic E-state index is 0.00233. The van der Waals surface area contributed by atoms with Crippen LogP contribution < -0.4 is 5.32 Å². The number of nitrogens with zero attached hydrogens (tertiary/aromatic N) is 3. The number of carbonyl (C=O) groups is 1. The number of aromatic nitrogens is 2. The molecule has 0 saturated heterocycles. The summed E-state index contributed by atoms with van der Waals surface area (Å²) in [7, 11) is 0. The first kappa shape index (κ1) is 16.2. The van der Waals surface area contributed by atoms with Gasteiger partial charge in [-0.25, -0.2) is 4.68 Å². The summed E-state index contributed by atoms with van der Waals surface area (Å²) in [6.45, 7) is 10.1. The summed E-state index contributed by atoms with van der Waals surface area (Å²) < 4.78 is 1.86. The maximum Gasteiger partial charge on any atom is 0.238 e. The molecule has 1 aromatic heterocycles. The number of rotatable bonds is 6. The Morgan fingerprint density at radius 1 is 1.18 bits per heavy atom. The Labute approximate surface area is 131 Å². The van der Waals surface area contributed by atoms with Gasteiger partial charge in [0.05, 0.1) is 29.3 Å². The molecule has 1 aromatic carbocycles. The lowest BCUT2D eigenvalue weighted by Gasteiger charge is -2.17. The van der Waals surface area contributed by atoms with Gasteiger partial charge in [0.15, 0.2) is 0 Å². The third-order valence-corrected chi connectivity index (χ3v) is 3.82. The Bertz CT molecular complexity index is 630. The second kappa shape index (κ2) is 7.22. The zero-order valence-corrected chi connectivity index (χ0v) is 13.8. The van der Waals surface area contributed by atoms with Crippen LogP contribution in [0.4, 0.5) is 5.69 Å². The fourth-order valence-corrected chi connectivity index (χ4v) is 2.47. The van der Waals surface area contributed by atoms with E-state index in [9.17, 15) is 4.79 Å². The highest BCUT2D eigenvalue weighted by Gasteiger charge is 2.16. The molecule has 0 spiro atoms. The minimum Gasteiger partial charge on any atom is -0.322 e. The third-order valence-electron chi connectivity index (χ3n) is 3.82. The van der Waals surface area contributed by atoms with Gasteiger partial charge >= 0.3 is 0 Å². The molecule has 0 aliphatic rings. The van der Waals surface area contributed by atoms with Crippen LogP contribution in [0.5, 0.6) is 0 Å². The lowest BCUT2D eigenvalue weighted by molar-refractivity contribution is -0.117. The molecule has 0 aliphatic carbocycles. The van der Waals surface area contributed by atoms with E-state index in [0.29, 0.717) is 6.54 Å². The number of hydrogen-bond acceptors (Lipinski definition) is 3. The molecule has 0 saturated carbocycles. The Morgan fingerprint density at radius 3 is 2.41 bits per heavy atom. The Morgan fingerprint density at radius 2 is 1.82 bits per heavy atom. The van der Waals surface area contributed by atoms with Gasteiger partial charge in [-0.15, -0.1) is 0 Å². The summed E-state index contributed by atoms with van der Waals surface area (Å²) in [4.78, 5) is 14.3. The fourth-order valence-electron chi connectivity index (χ4n) is 2.47. The third kappa shape index (κ3) is 3.54. The predicted octanol–water partition coefficient (Wildman–Crippen LogP) is 2.77. The van der Waals surface area contributed by atoms with Gasteiger partial charge in [0.2, 0.25) is 5.91 Å². The van der Waals surface area contributed by atoms with E-state index in [2.05, 4.69) is 29.2 Å². The average Bonchev–Trinajstić information content (AvgIpc) is 2.81.